The molecule has 2 N–H and O–H groups in total. The van der Waals surface area contributed by atoms with Crippen molar-refractivity contribution in [2.24, 2.45) is 0 Å². The summed E-state index contributed by atoms with van der Waals surface area (Å²) in [6.45, 7) is 4.11. The number of aromatic amines is 1. The summed E-state index contributed by atoms with van der Waals surface area (Å²) in [5.41, 5.74) is 0.585. The molecule has 1 aliphatic rings. The van der Waals surface area contributed by atoms with Crippen molar-refractivity contribution in [1.82, 2.24) is 19.8 Å². The van der Waals surface area contributed by atoms with Crippen LogP contribution in [0, 0.1) is 4.77 Å². The minimum atomic E-state index is -0.480. The molecule has 0 bridgehead atoms. The molecule has 2 aromatic rings. The fourth-order valence-electron chi connectivity index (χ4n) is 3.55. The van der Waals surface area contributed by atoms with Gasteiger partial charge in [-0.2, -0.15) is 0 Å². The lowest BCUT2D eigenvalue weighted by Gasteiger charge is -2.14. The number of carbonyl (C=O) groups excluding carboxylic acids is 2. The summed E-state index contributed by atoms with van der Waals surface area (Å²) >= 11 is 5.30. The molecular weight excluding hydrogens is 392 g/mol. The molecule has 3 rings (SSSR count). The lowest BCUT2D eigenvalue weighted by Crippen LogP contribution is -2.33. The number of nitrogens with one attached hydrogen (secondary N) is 2. The number of hydrogen-bond acceptors (Lipinski definition) is 6. The van der Waals surface area contributed by atoms with Crippen LogP contribution in [0.25, 0.3) is 10.9 Å². The molecule has 2 heterocycles. The zero-order chi connectivity index (χ0) is 20.8. The van der Waals surface area contributed by atoms with E-state index in [2.05, 4.69) is 15.2 Å². The summed E-state index contributed by atoms with van der Waals surface area (Å²) in [7, 11) is 1.30. The highest BCUT2D eigenvalue weighted by molar-refractivity contribution is 7.71. The zero-order valence-electron chi connectivity index (χ0n) is 16.5. The molecule has 1 fully saturated rings. The van der Waals surface area contributed by atoms with E-state index in [1.165, 1.54) is 24.5 Å². The van der Waals surface area contributed by atoms with Crippen molar-refractivity contribution in [3.8, 4) is 0 Å². The smallest absolute Gasteiger partial charge is 0.337 e. The number of benzene rings is 1. The number of carbonyl (C=O) groups is 2. The number of rotatable bonds is 8. The van der Waals surface area contributed by atoms with Crippen LogP contribution in [0.1, 0.15) is 36.0 Å². The average molecular weight is 419 g/mol. The molecule has 0 spiro atoms. The third kappa shape index (κ3) is 5.30. The second-order valence-corrected chi connectivity index (χ2v) is 7.53. The van der Waals surface area contributed by atoms with Crippen molar-refractivity contribution >= 4 is 35.0 Å². The molecule has 1 aromatic heterocycles. The number of ether oxygens (including phenoxy) is 1. The molecule has 156 valence electrons. The quantitative estimate of drug-likeness (QED) is 0.502. The van der Waals surface area contributed by atoms with Gasteiger partial charge in [-0.05, 0) is 62.8 Å². The minimum absolute atomic E-state index is 0.0179. The third-order valence-electron chi connectivity index (χ3n) is 5.14. The van der Waals surface area contributed by atoms with E-state index in [9.17, 15) is 14.4 Å². The van der Waals surface area contributed by atoms with Crippen LogP contribution < -0.4 is 10.9 Å². The first-order valence-electron chi connectivity index (χ1n) is 9.84. The number of hydrogen-bond donors (Lipinski definition) is 2. The Balaban J connectivity index is 1.58. The number of H-pyrrole nitrogens is 1. The molecule has 1 aliphatic heterocycles. The van der Waals surface area contributed by atoms with Crippen molar-refractivity contribution in [2.45, 2.75) is 32.2 Å². The first-order chi connectivity index (χ1) is 14.0. The van der Waals surface area contributed by atoms with Gasteiger partial charge in [-0.25, -0.2) is 4.79 Å². The van der Waals surface area contributed by atoms with Crippen molar-refractivity contribution in [2.75, 3.05) is 33.3 Å². The standard InChI is InChI=1S/C20H26N4O4S/c1-28-19(27)14-6-7-15-16(13-14)22-20(29)24(18(15)26)11-4-5-17(25)21-8-12-23-9-2-3-10-23/h6-7,13H,2-5,8-12H2,1H3,(H,21,25)(H,22,29). The molecule has 0 atom stereocenters. The van der Waals surface area contributed by atoms with Crippen LogP contribution in [0.5, 0.6) is 0 Å². The molecule has 9 heteroatoms. The normalized spacial score (nSPS) is 14.2. The van der Waals surface area contributed by atoms with E-state index in [0.717, 1.165) is 19.6 Å². The van der Waals surface area contributed by atoms with Crippen molar-refractivity contribution in [3.05, 3.63) is 38.9 Å². The first kappa shape index (κ1) is 21.2. The fraction of sp³-hybridized carbons (Fsp3) is 0.500. The Hall–Kier alpha value is -2.52. The van der Waals surface area contributed by atoms with Gasteiger partial charge in [0, 0.05) is 26.1 Å². The first-order valence-corrected chi connectivity index (χ1v) is 10.2. The van der Waals surface area contributed by atoms with Crippen LogP contribution in [0.2, 0.25) is 0 Å². The SMILES string of the molecule is COC(=O)c1ccc2c(=O)n(CCCC(=O)NCCN3CCCC3)c(=S)[nH]c2c1. The Morgan fingerprint density at radius 1 is 1.24 bits per heavy atom. The zero-order valence-corrected chi connectivity index (χ0v) is 17.3. The van der Waals surface area contributed by atoms with Crippen LogP contribution >= 0.6 is 12.2 Å². The summed E-state index contributed by atoms with van der Waals surface area (Å²) in [6.07, 6.45) is 3.32. The minimum Gasteiger partial charge on any atom is -0.465 e. The van der Waals surface area contributed by atoms with Gasteiger partial charge in [-0.3, -0.25) is 14.2 Å². The van der Waals surface area contributed by atoms with E-state index >= 15 is 0 Å². The predicted octanol–water partition coefficient (Wildman–Crippen LogP) is 1.84. The number of esters is 1. The maximum absolute atomic E-state index is 12.7. The summed E-state index contributed by atoms with van der Waals surface area (Å²) < 4.78 is 6.41. The van der Waals surface area contributed by atoms with Crippen LogP contribution in [0.4, 0.5) is 0 Å². The lowest BCUT2D eigenvalue weighted by atomic mass is 10.1. The summed E-state index contributed by atoms with van der Waals surface area (Å²) in [5, 5.41) is 3.36. The number of nitrogens with zero attached hydrogens (tertiary/aromatic N) is 2. The molecule has 0 radical (unpaired) electrons. The highest BCUT2D eigenvalue weighted by Crippen LogP contribution is 2.12. The number of fused-ring (bicyclic) bond motifs is 1. The van der Waals surface area contributed by atoms with Crippen LogP contribution in [-0.2, 0) is 16.1 Å². The van der Waals surface area contributed by atoms with E-state index in [1.807, 2.05) is 0 Å². The predicted molar refractivity (Wildman–Crippen MR) is 113 cm³/mol. The molecule has 0 saturated carbocycles. The fourth-order valence-corrected chi connectivity index (χ4v) is 3.83. The van der Waals surface area contributed by atoms with Crippen molar-refractivity contribution < 1.29 is 14.3 Å². The van der Waals surface area contributed by atoms with E-state index < -0.39 is 5.97 Å². The largest absolute Gasteiger partial charge is 0.465 e. The van der Waals surface area contributed by atoms with E-state index in [-0.39, 0.29) is 16.2 Å². The number of methoxy groups -OCH3 is 1. The summed E-state index contributed by atoms with van der Waals surface area (Å²) in [6, 6.07) is 4.68. The number of likely N-dealkylation sites (tertiary alicyclic amines) is 1. The Bertz CT molecular complexity index is 1010. The van der Waals surface area contributed by atoms with Crippen LogP contribution in [0.3, 0.4) is 0 Å². The van der Waals surface area contributed by atoms with Crippen molar-refractivity contribution in [3.63, 3.8) is 0 Å². The van der Waals surface area contributed by atoms with Gasteiger partial charge in [0.05, 0.1) is 23.6 Å². The highest BCUT2D eigenvalue weighted by Gasteiger charge is 2.12. The number of amides is 1. The maximum Gasteiger partial charge on any atom is 0.337 e. The molecular formula is C20H26N4O4S. The van der Waals surface area contributed by atoms with E-state index in [1.54, 1.807) is 18.2 Å². The molecule has 8 nitrogen and oxygen atoms in total. The number of aromatic nitrogens is 2. The highest BCUT2D eigenvalue weighted by atomic mass is 32.1. The molecule has 1 amide bonds. The van der Waals surface area contributed by atoms with Gasteiger partial charge >= 0.3 is 5.97 Å². The monoisotopic (exact) mass is 418 g/mol. The Kier molecular flexibility index (Phi) is 7.16. The Labute approximate surface area is 173 Å². The van der Waals surface area contributed by atoms with Gasteiger partial charge < -0.3 is 19.9 Å². The van der Waals surface area contributed by atoms with Crippen LogP contribution in [0.15, 0.2) is 23.0 Å². The summed E-state index contributed by atoms with van der Waals surface area (Å²) in [5.74, 6) is -0.498. The Morgan fingerprint density at radius 3 is 2.72 bits per heavy atom. The summed E-state index contributed by atoms with van der Waals surface area (Å²) in [4.78, 5) is 41.8. The second-order valence-electron chi connectivity index (χ2n) is 7.14. The van der Waals surface area contributed by atoms with Gasteiger partial charge in [0.25, 0.3) is 5.56 Å². The second kappa shape index (κ2) is 9.80. The van der Waals surface area contributed by atoms with E-state index in [0.29, 0.717) is 42.4 Å². The van der Waals surface area contributed by atoms with Gasteiger partial charge in [-0.15, -0.1) is 0 Å². The van der Waals surface area contributed by atoms with Gasteiger partial charge in [0.1, 0.15) is 0 Å². The van der Waals surface area contributed by atoms with E-state index in [4.69, 9.17) is 17.0 Å². The lowest BCUT2D eigenvalue weighted by molar-refractivity contribution is -0.121. The molecule has 0 unspecified atom stereocenters. The topological polar surface area (TPSA) is 96.4 Å². The Morgan fingerprint density at radius 2 is 2.00 bits per heavy atom. The molecule has 0 aliphatic carbocycles. The molecule has 29 heavy (non-hydrogen) atoms. The molecule has 1 saturated heterocycles. The van der Waals surface area contributed by atoms with Crippen LogP contribution in [-0.4, -0.2) is 59.6 Å². The maximum atomic E-state index is 12.7. The van der Waals surface area contributed by atoms with Crippen molar-refractivity contribution in [1.29, 1.82) is 0 Å². The van der Waals surface area contributed by atoms with Gasteiger partial charge in [0.15, 0.2) is 4.77 Å². The third-order valence-corrected chi connectivity index (χ3v) is 5.46. The molecule has 1 aromatic carbocycles. The average Bonchev–Trinajstić information content (AvgIpc) is 3.23. The van der Waals surface area contributed by atoms with Gasteiger partial charge in [0.2, 0.25) is 5.91 Å². The van der Waals surface area contributed by atoms with Gasteiger partial charge in [-0.1, -0.05) is 0 Å².